The summed E-state index contributed by atoms with van der Waals surface area (Å²) >= 11 is 0. The van der Waals surface area contributed by atoms with Crippen molar-refractivity contribution in [3.05, 3.63) is 59.2 Å². The van der Waals surface area contributed by atoms with Gasteiger partial charge < -0.3 is 14.9 Å². The molecule has 0 aliphatic heterocycles. The van der Waals surface area contributed by atoms with Gasteiger partial charge in [0.2, 0.25) is 0 Å². The van der Waals surface area contributed by atoms with Gasteiger partial charge in [0.25, 0.3) is 0 Å². The Bertz CT molecular complexity index is 783. The number of hydrogen-bond acceptors (Lipinski definition) is 4. The van der Waals surface area contributed by atoms with Gasteiger partial charge in [-0.1, -0.05) is 63.6 Å². The van der Waals surface area contributed by atoms with Crippen LogP contribution < -0.4 is 4.74 Å². The molecule has 2 rings (SSSR count). The first-order valence-electron chi connectivity index (χ1n) is 9.90. The Balaban J connectivity index is 2.13. The molecule has 0 bridgehead atoms. The predicted octanol–water partition coefficient (Wildman–Crippen LogP) is 5.60. The van der Waals surface area contributed by atoms with E-state index in [1.54, 1.807) is 30.3 Å². The van der Waals surface area contributed by atoms with Crippen molar-refractivity contribution in [2.75, 3.05) is 0 Å². The number of phenols is 1. The summed E-state index contributed by atoms with van der Waals surface area (Å²) in [6, 6.07) is 11.0. The van der Waals surface area contributed by atoms with E-state index in [4.69, 9.17) is 4.74 Å². The van der Waals surface area contributed by atoms with Gasteiger partial charge in [0.15, 0.2) is 5.75 Å². The smallest absolute Gasteiger partial charge is 0.343 e. The van der Waals surface area contributed by atoms with Gasteiger partial charge >= 0.3 is 11.9 Å². The van der Waals surface area contributed by atoms with Crippen molar-refractivity contribution >= 4 is 11.9 Å². The zero-order chi connectivity index (χ0) is 20.4. The molecule has 0 aromatic heterocycles. The zero-order valence-corrected chi connectivity index (χ0v) is 16.3. The van der Waals surface area contributed by atoms with Gasteiger partial charge in [0.05, 0.1) is 5.56 Å². The number of hydrogen-bond donors (Lipinski definition) is 2. The number of carbonyl (C=O) groups excluding carboxylic acids is 1. The molecule has 0 spiro atoms. The molecule has 0 aliphatic carbocycles. The number of esters is 1. The van der Waals surface area contributed by atoms with Gasteiger partial charge in [-0.15, -0.1) is 0 Å². The minimum atomic E-state index is -1.20. The van der Waals surface area contributed by atoms with Crippen molar-refractivity contribution in [1.82, 2.24) is 0 Å². The molecule has 2 N–H and O–H groups in total. The summed E-state index contributed by atoms with van der Waals surface area (Å²) in [7, 11) is 0. The summed E-state index contributed by atoms with van der Waals surface area (Å²) < 4.78 is 5.44. The number of carboxylic acids is 1. The predicted molar refractivity (Wildman–Crippen MR) is 108 cm³/mol. The lowest BCUT2D eigenvalue weighted by Crippen LogP contribution is -2.13. The molecule has 0 saturated heterocycles. The summed E-state index contributed by atoms with van der Waals surface area (Å²) in [5.74, 6) is -1.95. The van der Waals surface area contributed by atoms with E-state index in [2.05, 4.69) is 6.92 Å². The van der Waals surface area contributed by atoms with Crippen molar-refractivity contribution in [2.45, 2.75) is 58.3 Å². The molecular weight excluding hydrogens is 356 g/mol. The van der Waals surface area contributed by atoms with Crippen LogP contribution in [0.3, 0.4) is 0 Å². The van der Waals surface area contributed by atoms with Crippen LogP contribution in [0.25, 0.3) is 0 Å². The van der Waals surface area contributed by atoms with E-state index in [1.807, 2.05) is 0 Å². The van der Waals surface area contributed by atoms with Crippen LogP contribution in [0.1, 0.15) is 78.1 Å². The molecule has 28 heavy (non-hydrogen) atoms. The molecule has 5 heteroatoms. The fraction of sp³-hybridized carbons (Fsp3) is 0.391. The second kappa shape index (κ2) is 11.1. The third-order valence-electron chi connectivity index (χ3n) is 4.70. The maximum absolute atomic E-state index is 12.4. The number of rotatable bonds is 11. The molecule has 0 atom stereocenters. The van der Waals surface area contributed by atoms with Crippen LogP contribution in [-0.4, -0.2) is 22.2 Å². The largest absolute Gasteiger partial charge is 0.508 e. The number of ether oxygens (including phenoxy) is 1. The Kier molecular flexibility index (Phi) is 8.53. The quantitative estimate of drug-likeness (QED) is 0.299. The average Bonchev–Trinajstić information content (AvgIpc) is 2.69. The minimum Gasteiger partial charge on any atom is -0.508 e. The van der Waals surface area contributed by atoms with Crippen molar-refractivity contribution in [3.63, 3.8) is 0 Å². The molecule has 0 unspecified atom stereocenters. The van der Waals surface area contributed by atoms with E-state index in [0.717, 1.165) is 19.3 Å². The standard InChI is InChI=1S/C23H28O5/c1-2-3-4-5-6-7-11-14-18-20(24)16-15-19(22(25)26)21(18)28-23(27)17-12-9-8-10-13-17/h8-10,12-13,15-16,24H,2-7,11,14H2,1H3,(H,25,26). The lowest BCUT2D eigenvalue weighted by atomic mass is 10.00. The Morgan fingerprint density at radius 2 is 1.54 bits per heavy atom. The van der Waals surface area contributed by atoms with Gasteiger partial charge in [0, 0.05) is 5.56 Å². The highest BCUT2D eigenvalue weighted by Crippen LogP contribution is 2.34. The molecule has 0 heterocycles. The first-order chi connectivity index (χ1) is 13.5. The lowest BCUT2D eigenvalue weighted by molar-refractivity contribution is 0.0680. The topological polar surface area (TPSA) is 83.8 Å². The zero-order valence-electron chi connectivity index (χ0n) is 16.3. The van der Waals surface area contributed by atoms with Crippen LogP contribution >= 0.6 is 0 Å². The summed E-state index contributed by atoms with van der Waals surface area (Å²) in [5, 5.41) is 19.8. The number of aromatic hydroxyl groups is 1. The molecule has 5 nitrogen and oxygen atoms in total. The average molecular weight is 384 g/mol. The molecule has 150 valence electrons. The highest BCUT2D eigenvalue weighted by molar-refractivity contribution is 5.96. The first kappa shape index (κ1) is 21.5. The van der Waals surface area contributed by atoms with Crippen LogP contribution in [0.15, 0.2) is 42.5 Å². The fourth-order valence-corrected chi connectivity index (χ4v) is 3.13. The third-order valence-corrected chi connectivity index (χ3v) is 4.70. The van der Waals surface area contributed by atoms with E-state index < -0.39 is 11.9 Å². The highest BCUT2D eigenvalue weighted by atomic mass is 16.5. The first-order valence-corrected chi connectivity index (χ1v) is 9.90. The van der Waals surface area contributed by atoms with Crippen molar-refractivity contribution in [2.24, 2.45) is 0 Å². The molecule has 0 saturated carbocycles. The number of phenolic OH excluding ortho intramolecular Hbond substituents is 1. The second-order valence-electron chi connectivity index (χ2n) is 6.87. The number of aromatic carboxylic acids is 1. The minimum absolute atomic E-state index is 0.0492. The van der Waals surface area contributed by atoms with Crippen LogP contribution in [0, 0.1) is 0 Å². The SMILES string of the molecule is CCCCCCCCCc1c(O)ccc(C(=O)O)c1OC(=O)c1ccccc1. The van der Waals surface area contributed by atoms with E-state index in [9.17, 15) is 19.8 Å². The van der Waals surface area contributed by atoms with E-state index in [0.29, 0.717) is 17.5 Å². The van der Waals surface area contributed by atoms with Crippen LogP contribution in [-0.2, 0) is 6.42 Å². The third kappa shape index (κ3) is 6.12. The monoisotopic (exact) mass is 384 g/mol. The summed E-state index contributed by atoms with van der Waals surface area (Å²) in [5.41, 5.74) is 0.571. The molecule has 2 aromatic carbocycles. The Morgan fingerprint density at radius 1 is 0.893 bits per heavy atom. The fourth-order valence-electron chi connectivity index (χ4n) is 3.13. The molecule has 0 radical (unpaired) electrons. The number of benzene rings is 2. The highest BCUT2D eigenvalue weighted by Gasteiger charge is 2.22. The maximum atomic E-state index is 12.4. The Labute approximate surface area is 166 Å². The number of unbranched alkanes of at least 4 members (excludes halogenated alkanes) is 6. The Hall–Kier alpha value is -2.82. The van der Waals surface area contributed by atoms with Gasteiger partial charge in [-0.25, -0.2) is 9.59 Å². The van der Waals surface area contributed by atoms with E-state index in [1.165, 1.54) is 37.8 Å². The summed E-state index contributed by atoms with van der Waals surface area (Å²) in [6.45, 7) is 2.18. The molecule has 0 fully saturated rings. The Morgan fingerprint density at radius 3 is 2.18 bits per heavy atom. The maximum Gasteiger partial charge on any atom is 0.343 e. The molecular formula is C23H28O5. The lowest BCUT2D eigenvalue weighted by Gasteiger charge is -2.14. The van der Waals surface area contributed by atoms with Crippen molar-refractivity contribution in [3.8, 4) is 11.5 Å². The number of carbonyl (C=O) groups is 2. The molecule has 2 aromatic rings. The number of carboxylic acid groups (broad SMARTS) is 1. The second-order valence-corrected chi connectivity index (χ2v) is 6.87. The van der Waals surface area contributed by atoms with E-state index >= 15 is 0 Å². The van der Waals surface area contributed by atoms with Crippen molar-refractivity contribution in [1.29, 1.82) is 0 Å². The normalized spacial score (nSPS) is 10.6. The van der Waals surface area contributed by atoms with Crippen LogP contribution in [0.4, 0.5) is 0 Å². The van der Waals surface area contributed by atoms with Gasteiger partial charge in [-0.3, -0.25) is 0 Å². The summed E-state index contributed by atoms with van der Waals surface area (Å²) in [4.78, 5) is 24.0. The van der Waals surface area contributed by atoms with Crippen LogP contribution in [0.2, 0.25) is 0 Å². The van der Waals surface area contributed by atoms with Gasteiger partial charge in [0.1, 0.15) is 11.3 Å². The van der Waals surface area contributed by atoms with Gasteiger partial charge in [-0.05, 0) is 37.1 Å². The summed E-state index contributed by atoms with van der Waals surface area (Å²) in [6.07, 6.45) is 8.15. The van der Waals surface area contributed by atoms with Crippen molar-refractivity contribution < 1.29 is 24.5 Å². The van der Waals surface area contributed by atoms with Crippen LogP contribution in [0.5, 0.6) is 11.5 Å². The van der Waals surface area contributed by atoms with Gasteiger partial charge in [-0.2, -0.15) is 0 Å². The molecule has 0 aliphatic rings. The van der Waals surface area contributed by atoms with E-state index in [-0.39, 0.29) is 17.1 Å². The molecule has 0 amide bonds.